The Morgan fingerprint density at radius 1 is 0.500 bits per heavy atom. The van der Waals surface area contributed by atoms with Crippen molar-refractivity contribution in [3.05, 3.63) is 11.8 Å². The summed E-state index contributed by atoms with van der Waals surface area (Å²) in [5.41, 5.74) is 0. The van der Waals surface area contributed by atoms with E-state index >= 15 is 0 Å². The number of hydrogen-bond donors (Lipinski definition) is 8. The Labute approximate surface area is 236 Å². The monoisotopic (exact) mass is 606 g/mol. The molecule has 0 radical (unpaired) electrons. The maximum Gasteiger partial charge on any atom is 0.317 e. The van der Waals surface area contributed by atoms with Gasteiger partial charge in [-0.1, -0.05) is 13.8 Å². The van der Waals surface area contributed by atoms with Gasteiger partial charge in [-0.25, -0.2) is 14.5 Å². The van der Waals surface area contributed by atoms with E-state index in [9.17, 15) is 79.2 Å². The number of aliphatic hydroxyl groups excluding tert-OH is 2. The van der Waals surface area contributed by atoms with Crippen LogP contribution in [0.5, 0.6) is 0 Å². The van der Waals surface area contributed by atoms with Crippen LogP contribution in [0.3, 0.4) is 0 Å². The summed E-state index contributed by atoms with van der Waals surface area (Å²) < 4.78 is 0. The molecule has 0 bridgehead atoms. The lowest BCUT2D eigenvalue weighted by atomic mass is 9.89. The van der Waals surface area contributed by atoms with Gasteiger partial charge in [0.25, 0.3) is 11.8 Å². The van der Waals surface area contributed by atoms with Crippen molar-refractivity contribution >= 4 is 47.7 Å². The van der Waals surface area contributed by atoms with E-state index in [0.29, 0.717) is 14.7 Å². The van der Waals surface area contributed by atoms with E-state index in [1.54, 1.807) is 0 Å². The van der Waals surface area contributed by atoms with Crippen LogP contribution in [0.4, 0.5) is 0 Å². The van der Waals surface area contributed by atoms with Crippen molar-refractivity contribution in [2.45, 2.75) is 32.1 Å². The average molecular weight is 606 g/mol. The topological polar surface area (TPSA) is 311 Å². The number of nitrogens with zero attached hydrogens (tertiary/aromatic N) is 4. The minimum atomic E-state index is -2.41. The third-order valence-corrected chi connectivity index (χ3v) is 5.49. The first-order chi connectivity index (χ1) is 19.4. The minimum Gasteiger partial charge on any atom is -0.486 e. The summed E-state index contributed by atoms with van der Waals surface area (Å²) >= 11 is 0. The smallest absolute Gasteiger partial charge is 0.317 e. The number of carbonyl (C=O) groups is 6. The molecule has 0 amide bonds. The number of carboxylic acid groups (broad SMARTS) is 6. The summed E-state index contributed by atoms with van der Waals surface area (Å²) in [5, 5.41) is 77.8. The zero-order chi connectivity index (χ0) is 32.9. The largest absolute Gasteiger partial charge is 0.486 e. The second-order valence-corrected chi connectivity index (χ2v) is 8.94. The number of carboxylic acids is 6. The van der Waals surface area contributed by atoms with Crippen LogP contribution in [0.25, 0.3) is 0 Å². The molecule has 3 atom stereocenters. The Kier molecular flexibility index (Phi) is 14.9. The van der Waals surface area contributed by atoms with Crippen LogP contribution in [-0.2, 0) is 38.4 Å². The fourth-order valence-electron chi connectivity index (χ4n) is 4.41. The van der Waals surface area contributed by atoms with Crippen LogP contribution < -0.4 is 0 Å². The first-order valence-corrected chi connectivity index (χ1v) is 11.6. The number of aliphatic carboxylic acids is 6. The molecule has 0 rings (SSSR count). The van der Waals surface area contributed by atoms with Gasteiger partial charge in [0.15, 0.2) is 11.9 Å². The zero-order valence-electron chi connectivity index (χ0n) is 22.2. The van der Waals surface area contributed by atoms with Gasteiger partial charge >= 0.3 is 35.8 Å². The maximum atomic E-state index is 11.8. The van der Waals surface area contributed by atoms with Gasteiger partial charge in [-0.3, -0.25) is 43.5 Å². The Morgan fingerprint density at radius 3 is 1.00 bits per heavy atom. The Balaban J connectivity index is 8.28. The third kappa shape index (κ3) is 11.6. The van der Waals surface area contributed by atoms with E-state index in [1.807, 2.05) is 0 Å². The van der Waals surface area contributed by atoms with Crippen LogP contribution >= 0.6 is 0 Å². The van der Waals surface area contributed by atoms with Gasteiger partial charge < -0.3 is 40.9 Å². The molecular formula is C22H30N4O16. The lowest BCUT2D eigenvalue weighted by Crippen LogP contribution is -2.69. The molecule has 0 saturated carbocycles. The number of aliphatic hydroxyl groups is 2. The summed E-state index contributed by atoms with van der Waals surface area (Å²) in [6.07, 6.45) is -2.41. The van der Waals surface area contributed by atoms with E-state index in [1.165, 1.54) is 13.8 Å². The zero-order valence-corrected chi connectivity index (χ0v) is 22.2. The van der Waals surface area contributed by atoms with Crippen molar-refractivity contribution in [3.8, 4) is 0 Å². The SMILES string of the molecule is CC(C)C(C(C(N(CC(=O)O)CC(=O)O)N(C(O)=C=O)C(O)=C=O)N(CC(=O)O)CC(=O)O)N(CC(=O)O)CC(=O)O. The second kappa shape index (κ2) is 17.0. The van der Waals surface area contributed by atoms with Crippen molar-refractivity contribution in [1.29, 1.82) is 0 Å². The molecule has 0 saturated heterocycles. The maximum absolute atomic E-state index is 11.8. The predicted molar refractivity (Wildman–Crippen MR) is 132 cm³/mol. The molecule has 0 aliphatic rings. The van der Waals surface area contributed by atoms with Gasteiger partial charge in [-0.2, -0.15) is 0 Å². The molecule has 0 aliphatic carbocycles. The van der Waals surface area contributed by atoms with Crippen LogP contribution in [0.15, 0.2) is 11.8 Å². The molecular weight excluding hydrogens is 576 g/mol. The summed E-state index contributed by atoms with van der Waals surface area (Å²) in [7, 11) is 0. The van der Waals surface area contributed by atoms with E-state index in [2.05, 4.69) is 0 Å². The molecule has 20 nitrogen and oxygen atoms in total. The van der Waals surface area contributed by atoms with Crippen molar-refractivity contribution < 1.29 is 79.2 Å². The molecule has 20 heteroatoms. The lowest BCUT2D eigenvalue weighted by molar-refractivity contribution is -0.157. The van der Waals surface area contributed by atoms with Crippen LogP contribution in [0.2, 0.25) is 0 Å². The van der Waals surface area contributed by atoms with Crippen LogP contribution in [-0.4, -0.2) is 166 Å². The normalized spacial score (nSPS) is 13.1. The van der Waals surface area contributed by atoms with Gasteiger partial charge in [0, 0.05) is 6.04 Å². The summed E-state index contributed by atoms with van der Waals surface area (Å²) in [6, 6.07) is -3.81. The van der Waals surface area contributed by atoms with Gasteiger partial charge in [0.1, 0.15) is 6.17 Å². The molecule has 0 aromatic heterocycles. The van der Waals surface area contributed by atoms with Gasteiger partial charge in [0.05, 0.1) is 45.3 Å². The van der Waals surface area contributed by atoms with Gasteiger partial charge in [-0.05, 0) is 5.92 Å². The third-order valence-electron chi connectivity index (χ3n) is 5.49. The number of carbonyl (C=O) groups excluding carboxylic acids is 2. The van der Waals surface area contributed by atoms with Crippen molar-refractivity contribution in [3.63, 3.8) is 0 Å². The van der Waals surface area contributed by atoms with Crippen LogP contribution in [0, 0.1) is 5.92 Å². The van der Waals surface area contributed by atoms with E-state index in [0.717, 1.165) is 11.9 Å². The lowest BCUT2D eigenvalue weighted by Gasteiger charge is -2.50. The fourth-order valence-corrected chi connectivity index (χ4v) is 4.41. The highest BCUT2D eigenvalue weighted by molar-refractivity contribution is 5.74. The fraction of sp³-hybridized carbons (Fsp3) is 0.545. The van der Waals surface area contributed by atoms with E-state index in [-0.39, 0.29) is 4.90 Å². The van der Waals surface area contributed by atoms with E-state index < -0.39 is 111 Å². The molecule has 0 aromatic carbocycles. The first-order valence-electron chi connectivity index (χ1n) is 11.6. The standard InChI is InChI=1S/C22H30N4O16/c1-11(2)20(23(3-14(31)32)4-15(33)34)21(24(5-16(35)36)6-17(37)38)22(25(7-18(39)40)8-19(41)42)26(12(29)9-27)13(30)10-28/h11,20-22,29-30H,3-8H2,1-2H3,(H,31,32)(H,33,34)(H,35,36)(H,37,38)(H,39,40)(H,41,42). The molecule has 42 heavy (non-hydrogen) atoms. The molecule has 0 fully saturated rings. The molecule has 234 valence electrons. The highest BCUT2D eigenvalue weighted by Crippen LogP contribution is 2.30. The Bertz CT molecular complexity index is 1070. The summed E-state index contributed by atoms with van der Waals surface area (Å²) in [5.74, 6) is -13.1. The Hall–Kier alpha value is -5.00. The molecule has 0 spiro atoms. The van der Waals surface area contributed by atoms with Crippen LogP contribution in [0.1, 0.15) is 13.8 Å². The predicted octanol–water partition coefficient (Wildman–Crippen LogP) is -3.12. The molecule has 3 unspecified atom stereocenters. The highest BCUT2D eigenvalue weighted by Gasteiger charge is 2.49. The first kappa shape index (κ1) is 37.0. The highest BCUT2D eigenvalue weighted by atomic mass is 16.4. The molecule has 0 aliphatic heterocycles. The van der Waals surface area contributed by atoms with Crippen molar-refractivity contribution in [2.24, 2.45) is 5.92 Å². The molecule has 0 heterocycles. The molecule has 8 N–H and O–H groups in total. The summed E-state index contributed by atoms with van der Waals surface area (Å²) in [4.78, 5) is 95.0. The minimum absolute atomic E-state index is 0.109. The van der Waals surface area contributed by atoms with E-state index in [4.69, 9.17) is 0 Å². The second-order valence-electron chi connectivity index (χ2n) is 8.94. The van der Waals surface area contributed by atoms with Gasteiger partial charge in [-0.15, -0.1) is 0 Å². The molecule has 0 aromatic rings. The number of rotatable bonds is 21. The average Bonchev–Trinajstić information content (AvgIpc) is 2.82. The van der Waals surface area contributed by atoms with Crippen molar-refractivity contribution in [1.82, 2.24) is 19.6 Å². The van der Waals surface area contributed by atoms with Crippen molar-refractivity contribution in [2.75, 3.05) is 39.3 Å². The number of hydrogen-bond acceptors (Lipinski definition) is 14. The van der Waals surface area contributed by atoms with Gasteiger partial charge in [0.2, 0.25) is 0 Å². The Morgan fingerprint density at radius 2 is 0.762 bits per heavy atom. The summed E-state index contributed by atoms with van der Waals surface area (Å²) in [6.45, 7) is -4.84. The quantitative estimate of drug-likeness (QED) is 0.0364.